The topological polar surface area (TPSA) is 82.9 Å². The molecule has 1 heterocycles. The molecule has 1 N–H and O–H groups in total. The van der Waals surface area contributed by atoms with Crippen molar-refractivity contribution in [3.63, 3.8) is 0 Å². The zero-order valence-electron chi connectivity index (χ0n) is 9.26. The quantitative estimate of drug-likeness (QED) is 0.475. The summed E-state index contributed by atoms with van der Waals surface area (Å²) in [6, 6.07) is 2.92. The monoisotopic (exact) mass is 240 g/mol. The summed E-state index contributed by atoms with van der Waals surface area (Å²) < 4.78 is 15.1. The van der Waals surface area contributed by atoms with E-state index in [1.54, 1.807) is 13.2 Å². The van der Waals surface area contributed by atoms with Gasteiger partial charge in [-0.05, 0) is 0 Å². The van der Waals surface area contributed by atoms with E-state index in [-0.39, 0.29) is 12.5 Å². The van der Waals surface area contributed by atoms with Gasteiger partial charge in [0.25, 0.3) is 5.69 Å². The average molecular weight is 240 g/mol. The van der Waals surface area contributed by atoms with Crippen LogP contribution in [0.3, 0.4) is 0 Å². The minimum absolute atomic E-state index is 0.0367. The number of methoxy groups -OCH3 is 1. The zero-order valence-corrected chi connectivity index (χ0v) is 9.26. The van der Waals surface area contributed by atoms with Crippen molar-refractivity contribution in [1.29, 1.82) is 0 Å². The first-order valence-electron chi connectivity index (χ1n) is 5.03. The van der Waals surface area contributed by atoms with Crippen LogP contribution in [0.1, 0.15) is 0 Å². The van der Waals surface area contributed by atoms with Crippen LogP contribution in [0.4, 0.5) is 11.4 Å². The van der Waals surface area contributed by atoms with E-state index < -0.39 is 4.92 Å². The summed E-state index contributed by atoms with van der Waals surface area (Å²) in [5.74, 6) is 0.907. The molecular weight excluding hydrogens is 228 g/mol. The molecule has 1 aliphatic heterocycles. The minimum atomic E-state index is -0.461. The molecular formula is C10H12N2O5. The molecule has 0 amide bonds. The second-order valence-electron chi connectivity index (χ2n) is 3.40. The SMILES string of the molecule is COCCNc1cc2c(cc1[N+](=O)[O-])OCO2. The van der Waals surface area contributed by atoms with Crippen LogP contribution in [0.25, 0.3) is 0 Å². The van der Waals surface area contributed by atoms with Crippen molar-refractivity contribution < 1.29 is 19.1 Å². The maximum atomic E-state index is 10.9. The predicted octanol–water partition coefficient (Wildman–Crippen LogP) is 1.38. The lowest BCUT2D eigenvalue weighted by molar-refractivity contribution is -0.384. The van der Waals surface area contributed by atoms with E-state index in [4.69, 9.17) is 14.2 Å². The van der Waals surface area contributed by atoms with Gasteiger partial charge in [0.2, 0.25) is 6.79 Å². The van der Waals surface area contributed by atoms with Crippen LogP contribution in [0.5, 0.6) is 11.5 Å². The number of benzene rings is 1. The van der Waals surface area contributed by atoms with Crippen LogP contribution in [-0.4, -0.2) is 32.0 Å². The van der Waals surface area contributed by atoms with Crippen LogP contribution < -0.4 is 14.8 Å². The third-order valence-corrected chi connectivity index (χ3v) is 2.31. The van der Waals surface area contributed by atoms with E-state index in [2.05, 4.69) is 5.32 Å². The molecule has 1 aromatic rings. The molecule has 1 aliphatic rings. The summed E-state index contributed by atoms with van der Waals surface area (Å²) in [4.78, 5) is 10.4. The fourth-order valence-electron chi connectivity index (χ4n) is 1.51. The smallest absolute Gasteiger partial charge is 0.296 e. The van der Waals surface area contributed by atoms with E-state index in [0.29, 0.717) is 30.3 Å². The average Bonchev–Trinajstić information content (AvgIpc) is 2.75. The van der Waals surface area contributed by atoms with Crippen LogP contribution >= 0.6 is 0 Å². The number of rotatable bonds is 5. The van der Waals surface area contributed by atoms with E-state index in [0.717, 1.165) is 0 Å². The summed E-state index contributed by atoms with van der Waals surface area (Å²) in [7, 11) is 1.57. The first-order valence-corrected chi connectivity index (χ1v) is 5.03. The Morgan fingerprint density at radius 1 is 1.47 bits per heavy atom. The van der Waals surface area contributed by atoms with Crippen LogP contribution in [0.15, 0.2) is 12.1 Å². The van der Waals surface area contributed by atoms with E-state index >= 15 is 0 Å². The van der Waals surface area contributed by atoms with Gasteiger partial charge in [-0.3, -0.25) is 10.1 Å². The summed E-state index contributed by atoms with van der Waals surface area (Å²) in [6.45, 7) is 1.04. The first kappa shape index (κ1) is 11.5. The Balaban J connectivity index is 2.25. The number of nitro groups is 1. The highest BCUT2D eigenvalue weighted by molar-refractivity contribution is 5.68. The Morgan fingerprint density at radius 2 is 2.18 bits per heavy atom. The van der Waals surface area contributed by atoms with Crippen LogP contribution in [0.2, 0.25) is 0 Å². The molecule has 0 bridgehead atoms. The normalized spacial score (nSPS) is 12.5. The second-order valence-corrected chi connectivity index (χ2v) is 3.40. The molecule has 0 atom stereocenters. The molecule has 7 nitrogen and oxygen atoms in total. The van der Waals surface area contributed by atoms with Crippen molar-refractivity contribution in [2.24, 2.45) is 0 Å². The number of fused-ring (bicyclic) bond motifs is 1. The summed E-state index contributed by atoms with van der Waals surface area (Å²) in [6.07, 6.45) is 0. The molecule has 0 fully saturated rings. The Hall–Kier alpha value is -2.02. The van der Waals surface area contributed by atoms with E-state index in [1.807, 2.05) is 0 Å². The maximum absolute atomic E-state index is 10.9. The van der Waals surface area contributed by atoms with Gasteiger partial charge in [0.15, 0.2) is 11.5 Å². The van der Waals surface area contributed by atoms with Gasteiger partial charge in [-0.25, -0.2) is 0 Å². The molecule has 0 aromatic heterocycles. The van der Waals surface area contributed by atoms with Gasteiger partial charge >= 0.3 is 0 Å². The molecule has 7 heteroatoms. The number of hydrogen-bond acceptors (Lipinski definition) is 6. The molecule has 2 rings (SSSR count). The van der Waals surface area contributed by atoms with Crippen molar-refractivity contribution >= 4 is 11.4 Å². The number of nitro benzene ring substituents is 1. The standard InChI is InChI=1S/C10H12N2O5/c1-15-3-2-11-7-4-9-10(17-6-16-9)5-8(7)12(13)14/h4-5,11H,2-3,6H2,1H3. The highest BCUT2D eigenvalue weighted by atomic mass is 16.7. The Morgan fingerprint density at radius 3 is 2.82 bits per heavy atom. The number of hydrogen-bond donors (Lipinski definition) is 1. The fraction of sp³-hybridized carbons (Fsp3) is 0.400. The largest absolute Gasteiger partial charge is 0.454 e. The lowest BCUT2D eigenvalue weighted by Crippen LogP contribution is -2.09. The van der Waals surface area contributed by atoms with Crippen molar-refractivity contribution in [1.82, 2.24) is 0 Å². The highest BCUT2D eigenvalue weighted by Crippen LogP contribution is 2.40. The van der Waals surface area contributed by atoms with Gasteiger partial charge in [0.05, 0.1) is 17.6 Å². The third kappa shape index (κ3) is 2.39. The van der Waals surface area contributed by atoms with Gasteiger partial charge in [0.1, 0.15) is 5.69 Å². The lowest BCUT2D eigenvalue weighted by atomic mass is 10.2. The Kier molecular flexibility index (Phi) is 3.29. The van der Waals surface area contributed by atoms with Crippen molar-refractivity contribution in [2.45, 2.75) is 0 Å². The number of ether oxygens (including phenoxy) is 3. The summed E-state index contributed by atoms with van der Waals surface area (Å²) in [5, 5.41) is 13.8. The molecule has 92 valence electrons. The van der Waals surface area contributed by atoms with Crippen molar-refractivity contribution in [2.75, 3.05) is 32.4 Å². The maximum Gasteiger partial charge on any atom is 0.296 e. The Bertz CT molecular complexity index is 435. The van der Waals surface area contributed by atoms with Crippen LogP contribution in [0, 0.1) is 10.1 Å². The Labute approximate surface area is 97.4 Å². The minimum Gasteiger partial charge on any atom is -0.454 e. The zero-order chi connectivity index (χ0) is 12.3. The number of nitrogens with zero attached hydrogens (tertiary/aromatic N) is 1. The summed E-state index contributed by atoms with van der Waals surface area (Å²) in [5.41, 5.74) is 0.363. The first-order chi connectivity index (χ1) is 8.22. The molecule has 0 radical (unpaired) electrons. The van der Waals surface area contributed by atoms with Gasteiger partial charge < -0.3 is 19.5 Å². The molecule has 17 heavy (non-hydrogen) atoms. The predicted molar refractivity (Wildman–Crippen MR) is 59.6 cm³/mol. The van der Waals surface area contributed by atoms with Gasteiger partial charge in [-0.1, -0.05) is 0 Å². The molecule has 0 saturated carbocycles. The lowest BCUT2D eigenvalue weighted by Gasteiger charge is -2.07. The van der Waals surface area contributed by atoms with Gasteiger partial charge in [-0.15, -0.1) is 0 Å². The van der Waals surface area contributed by atoms with Gasteiger partial charge in [0, 0.05) is 19.7 Å². The van der Waals surface area contributed by atoms with Gasteiger partial charge in [-0.2, -0.15) is 0 Å². The highest BCUT2D eigenvalue weighted by Gasteiger charge is 2.22. The second kappa shape index (κ2) is 4.88. The third-order valence-electron chi connectivity index (χ3n) is 2.31. The van der Waals surface area contributed by atoms with E-state index in [9.17, 15) is 10.1 Å². The van der Waals surface area contributed by atoms with E-state index in [1.165, 1.54) is 6.07 Å². The molecule has 0 saturated heterocycles. The van der Waals surface area contributed by atoms with Crippen molar-refractivity contribution in [3.8, 4) is 11.5 Å². The van der Waals surface area contributed by atoms with Crippen molar-refractivity contribution in [3.05, 3.63) is 22.2 Å². The number of anilines is 1. The number of nitrogens with one attached hydrogen (secondary N) is 1. The molecule has 1 aromatic carbocycles. The van der Waals surface area contributed by atoms with Crippen LogP contribution in [-0.2, 0) is 4.74 Å². The molecule has 0 spiro atoms. The summed E-state index contributed by atoms with van der Waals surface area (Å²) >= 11 is 0. The molecule has 0 aliphatic carbocycles. The fourth-order valence-corrected chi connectivity index (χ4v) is 1.51. The molecule has 0 unspecified atom stereocenters.